The van der Waals surface area contributed by atoms with E-state index in [0.717, 1.165) is 37.3 Å². The first-order chi connectivity index (χ1) is 13.0. The minimum absolute atomic E-state index is 0.0000568. The number of carbonyl (C=O) groups is 1. The van der Waals surface area contributed by atoms with Gasteiger partial charge in [0.05, 0.1) is 4.92 Å². The minimum atomic E-state index is -0.443. The van der Waals surface area contributed by atoms with E-state index in [0.29, 0.717) is 17.9 Å². The third kappa shape index (κ3) is 4.30. The highest BCUT2D eigenvalue weighted by atomic mass is 16.6. The Morgan fingerprint density at radius 1 is 1.41 bits per heavy atom. The summed E-state index contributed by atoms with van der Waals surface area (Å²) in [6, 6.07) is 5.51. The lowest BCUT2D eigenvalue weighted by atomic mass is 9.96. The summed E-state index contributed by atoms with van der Waals surface area (Å²) in [5.41, 5.74) is 6.95. The molecule has 0 aliphatic carbocycles. The summed E-state index contributed by atoms with van der Waals surface area (Å²) in [5, 5.41) is 14.1. The zero-order valence-electron chi connectivity index (χ0n) is 15.1. The first-order valence-electron chi connectivity index (χ1n) is 8.78. The van der Waals surface area contributed by atoms with Crippen molar-refractivity contribution in [1.82, 2.24) is 9.97 Å². The van der Waals surface area contributed by atoms with Crippen molar-refractivity contribution in [3.8, 4) is 0 Å². The van der Waals surface area contributed by atoms with Crippen molar-refractivity contribution in [3.63, 3.8) is 0 Å². The Kier molecular flexibility index (Phi) is 5.49. The molecule has 0 atom stereocenters. The van der Waals surface area contributed by atoms with E-state index in [2.05, 4.69) is 20.2 Å². The topological polar surface area (TPSA) is 127 Å². The van der Waals surface area contributed by atoms with Gasteiger partial charge in [-0.3, -0.25) is 14.9 Å². The molecule has 2 aromatic rings. The van der Waals surface area contributed by atoms with Gasteiger partial charge in [-0.2, -0.15) is 0 Å². The van der Waals surface area contributed by atoms with E-state index < -0.39 is 4.92 Å². The fourth-order valence-corrected chi connectivity index (χ4v) is 3.25. The van der Waals surface area contributed by atoms with Crippen molar-refractivity contribution in [2.75, 3.05) is 23.3 Å². The molecule has 1 aliphatic rings. The monoisotopic (exact) mass is 370 g/mol. The molecule has 3 rings (SSSR count). The van der Waals surface area contributed by atoms with Crippen LogP contribution in [-0.4, -0.2) is 33.9 Å². The third-order valence-corrected chi connectivity index (χ3v) is 4.80. The molecule has 1 amide bonds. The number of aromatic nitrogens is 2. The van der Waals surface area contributed by atoms with Crippen molar-refractivity contribution in [1.29, 1.82) is 0 Å². The quantitative estimate of drug-likeness (QED) is 0.588. The largest absolute Gasteiger partial charge is 0.369 e. The van der Waals surface area contributed by atoms with Crippen LogP contribution < -0.4 is 16.0 Å². The van der Waals surface area contributed by atoms with Gasteiger partial charge in [-0.1, -0.05) is 6.07 Å². The van der Waals surface area contributed by atoms with Crippen LogP contribution in [0, 0.1) is 23.0 Å². The molecular weight excluding hydrogens is 348 g/mol. The standard InChI is InChI=1S/C18H22N6O3/c1-12-9-16(22-11-15(12)24(26)27)21-10-14-3-2-6-20-18(14)23-7-4-13(5-8-23)17(19)25/h2-3,6,9,11,13H,4-5,7-8,10H2,1H3,(H2,19,25)(H,21,22). The van der Waals surface area contributed by atoms with Gasteiger partial charge in [-0.05, 0) is 31.9 Å². The van der Waals surface area contributed by atoms with Crippen LogP contribution in [-0.2, 0) is 11.3 Å². The normalized spacial score (nSPS) is 14.8. The second-order valence-electron chi connectivity index (χ2n) is 6.62. The number of hydrogen-bond donors (Lipinski definition) is 2. The lowest BCUT2D eigenvalue weighted by Crippen LogP contribution is -2.39. The highest BCUT2D eigenvalue weighted by Crippen LogP contribution is 2.25. The Morgan fingerprint density at radius 2 is 2.15 bits per heavy atom. The van der Waals surface area contributed by atoms with Crippen LogP contribution in [0.3, 0.4) is 0 Å². The number of nitro groups is 1. The maximum absolute atomic E-state index is 11.3. The molecule has 0 unspecified atom stereocenters. The average molecular weight is 370 g/mol. The van der Waals surface area contributed by atoms with Crippen LogP contribution >= 0.6 is 0 Å². The molecule has 1 fully saturated rings. The fraction of sp³-hybridized carbons (Fsp3) is 0.389. The van der Waals surface area contributed by atoms with Gasteiger partial charge in [0.15, 0.2) is 0 Å². The molecular formula is C18H22N6O3. The smallest absolute Gasteiger partial charge is 0.290 e. The van der Waals surface area contributed by atoms with E-state index in [1.54, 1.807) is 19.2 Å². The van der Waals surface area contributed by atoms with E-state index in [1.165, 1.54) is 6.20 Å². The van der Waals surface area contributed by atoms with E-state index in [9.17, 15) is 14.9 Å². The Hall–Kier alpha value is -3.23. The predicted molar refractivity (Wildman–Crippen MR) is 101 cm³/mol. The molecule has 0 spiro atoms. The van der Waals surface area contributed by atoms with Crippen LogP contribution in [0.4, 0.5) is 17.3 Å². The molecule has 27 heavy (non-hydrogen) atoms. The van der Waals surface area contributed by atoms with Crippen LogP contribution in [0.1, 0.15) is 24.0 Å². The summed E-state index contributed by atoms with van der Waals surface area (Å²) in [4.78, 5) is 32.6. The van der Waals surface area contributed by atoms with E-state index >= 15 is 0 Å². The molecule has 1 aliphatic heterocycles. The minimum Gasteiger partial charge on any atom is -0.369 e. The number of aryl methyl sites for hydroxylation is 1. The number of primary amides is 1. The zero-order chi connectivity index (χ0) is 19.4. The van der Waals surface area contributed by atoms with E-state index in [4.69, 9.17) is 5.73 Å². The van der Waals surface area contributed by atoms with Gasteiger partial charge >= 0.3 is 0 Å². The molecule has 0 bridgehead atoms. The molecule has 0 aromatic carbocycles. The maximum Gasteiger partial charge on any atom is 0.290 e. The Morgan fingerprint density at radius 3 is 2.78 bits per heavy atom. The number of amides is 1. The number of nitrogens with two attached hydrogens (primary N) is 1. The Bertz CT molecular complexity index is 849. The van der Waals surface area contributed by atoms with Crippen molar-refractivity contribution >= 4 is 23.2 Å². The second-order valence-corrected chi connectivity index (χ2v) is 6.62. The summed E-state index contributed by atoms with van der Waals surface area (Å²) < 4.78 is 0. The average Bonchev–Trinajstić information content (AvgIpc) is 2.66. The van der Waals surface area contributed by atoms with Crippen LogP contribution in [0.5, 0.6) is 0 Å². The van der Waals surface area contributed by atoms with Crippen molar-refractivity contribution in [3.05, 3.63) is 51.8 Å². The number of piperidine rings is 1. The summed E-state index contributed by atoms with van der Waals surface area (Å²) in [7, 11) is 0. The number of pyridine rings is 2. The third-order valence-electron chi connectivity index (χ3n) is 4.80. The van der Waals surface area contributed by atoms with Crippen molar-refractivity contribution < 1.29 is 9.72 Å². The first-order valence-corrected chi connectivity index (χ1v) is 8.78. The Labute approximate surface area is 156 Å². The van der Waals surface area contributed by atoms with Gasteiger partial charge < -0.3 is 16.0 Å². The van der Waals surface area contributed by atoms with E-state index in [1.807, 2.05) is 12.1 Å². The molecule has 3 heterocycles. The van der Waals surface area contributed by atoms with Crippen LogP contribution in [0.25, 0.3) is 0 Å². The maximum atomic E-state index is 11.3. The molecule has 142 valence electrons. The molecule has 0 radical (unpaired) electrons. The summed E-state index contributed by atoms with van der Waals surface area (Å²) >= 11 is 0. The molecule has 2 aromatic heterocycles. The SMILES string of the molecule is Cc1cc(NCc2cccnc2N2CCC(C(N)=O)CC2)ncc1[N+](=O)[O-]. The first kappa shape index (κ1) is 18.6. The number of carbonyl (C=O) groups excluding carboxylic acids is 1. The fourth-order valence-electron chi connectivity index (χ4n) is 3.25. The van der Waals surface area contributed by atoms with Gasteiger partial charge in [0, 0.05) is 42.9 Å². The van der Waals surface area contributed by atoms with Crippen LogP contribution in [0.2, 0.25) is 0 Å². The summed E-state index contributed by atoms with van der Waals surface area (Å²) in [6.07, 6.45) is 4.45. The number of anilines is 2. The second kappa shape index (κ2) is 7.98. The predicted octanol–water partition coefficient (Wildman–Crippen LogP) is 2.01. The van der Waals surface area contributed by atoms with Gasteiger partial charge in [0.2, 0.25) is 5.91 Å². The van der Waals surface area contributed by atoms with Crippen molar-refractivity contribution in [2.45, 2.75) is 26.3 Å². The molecule has 9 nitrogen and oxygen atoms in total. The van der Waals surface area contributed by atoms with Gasteiger partial charge in [-0.15, -0.1) is 0 Å². The molecule has 0 saturated carbocycles. The highest BCUT2D eigenvalue weighted by Gasteiger charge is 2.25. The number of nitrogens with zero attached hydrogens (tertiary/aromatic N) is 4. The molecule has 1 saturated heterocycles. The van der Waals surface area contributed by atoms with Gasteiger partial charge in [-0.25, -0.2) is 9.97 Å². The van der Waals surface area contributed by atoms with Crippen molar-refractivity contribution in [2.24, 2.45) is 11.7 Å². The van der Waals surface area contributed by atoms with Gasteiger partial charge in [0.1, 0.15) is 17.8 Å². The van der Waals surface area contributed by atoms with Gasteiger partial charge in [0.25, 0.3) is 5.69 Å². The highest BCUT2D eigenvalue weighted by molar-refractivity contribution is 5.77. The van der Waals surface area contributed by atoms with Crippen LogP contribution in [0.15, 0.2) is 30.6 Å². The Balaban J connectivity index is 1.69. The molecule has 3 N–H and O–H groups in total. The number of nitrogens with one attached hydrogen (secondary N) is 1. The lowest BCUT2D eigenvalue weighted by Gasteiger charge is -2.32. The number of hydrogen-bond acceptors (Lipinski definition) is 7. The van der Waals surface area contributed by atoms with E-state index in [-0.39, 0.29) is 17.5 Å². The molecule has 9 heteroatoms. The number of rotatable bonds is 6. The lowest BCUT2D eigenvalue weighted by molar-refractivity contribution is -0.385. The zero-order valence-corrected chi connectivity index (χ0v) is 15.1. The summed E-state index contributed by atoms with van der Waals surface area (Å²) in [5.74, 6) is 1.13. The summed E-state index contributed by atoms with van der Waals surface area (Å²) in [6.45, 7) is 3.63.